The van der Waals surface area contributed by atoms with Crippen LogP contribution in [0.15, 0.2) is 65.1 Å². The smallest absolute Gasteiger partial charge is 0.255 e. The Morgan fingerprint density at radius 1 is 1.14 bits per heavy atom. The molecule has 0 radical (unpaired) electrons. The number of hydrogen-bond acceptors (Lipinski definition) is 4. The molecular weight excluding hydrogens is 448 g/mol. The largest absolute Gasteiger partial charge is 0.493 e. The summed E-state index contributed by atoms with van der Waals surface area (Å²) in [5, 5.41) is 3.97. The number of halogens is 1. The lowest BCUT2D eigenvalue weighted by Gasteiger charge is -2.11. The molecule has 0 unspecified atom stereocenters. The first-order valence-corrected chi connectivity index (χ1v) is 10.9. The molecule has 3 aromatic carbocycles. The van der Waals surface area contributed by atoms with Crippen LogP contribution in [0.1, 0.15) is 22.8 Å². The van der Waals surface area contributed by atoms with Crippen LogP contribution < -0.4 is 10.1 Å². The van der Waals surface area contributed by atoms with Crippen LogP contribution in [-0.2, 0) is 0 Å². The molecule has 6 heteroatoms. The minimum atomic E-state index is -0.162. The van der Waals surface area contributed by atoms with Crippen LogP contribution >= 0.6 is 27.3 Å². The molecule has 0 spiro atoms. The van der Waals surface area contributed by atoms with Crippen molar-refractivity contribution in [3.63, 3.8) is 0 Å². The summed E-state index contributed by atoms with van der Waals surface area (Å²) in [4.78, 5) is 17.4. The fraction of sp³-hybridized carbons (Fsp3) is 0.130. The summed E-state index contributed by atoms with van der Waals surface area (Å²) in [7, 11) is 0. The number of thiazole rings is 1. The Kier molecular flexibility index (Phi) is 5.65. The lowest BCUT2D eigenvalue weighted by molar-refractivity contribution is 0.102. The number of hydrogen-bond donors (Lipinski definition) is 1. The highest BCUT2D eigenvalue weighted by atomic mass is 79.9. The molecule has 0 fully saturated rings. The summed E-state index contributed by atoms with van der Waals surface area (Å²) >= 11 is 5.12. The predicted molar refractivity (Wildman–Crippen MR) is 123 cm³/mol. The molecule has 146 valence electrons. The van der Waals surface area contributed by atoms with E-state index in [2.05, 4.69) is 33.4 Å². The van der Waals surface area contributed by atoms with Gasteiger partial charge in [0.1, 0.15) is 10.8 Å². The van der Waals surface area contributed by atoms with Gasteiger partial charge in [0.05, 0.1) is 21.3 Å². The van der Waals surface area contributed by atoms with Gasteiger partial charge >= 0.3 is 0 Å². The Labute approximate surface area is 181 Å². The van der Waals surface area contributed by atoms with Crippen molar-refractivity contribution >= 4 is 49.1 Å². The first-order chi connectivity index (χ1) is 14.0. The van der Waals surface area contributed by atoms with Crippen molar-refractivity contribution < 1.29 is 9.53 Å². The molecule has 0 bridgehead atoms. The number of nitrogens with zero attached hydrogens (tertiary/aromatic N) is 1. The Morgan fingerprint density at radius 2 is 1.97 bits per heavy atom. The molecule has 0 aliphatic heterocycles. The SMILES string of the molecule is CCOc1ccc(C(=O)Nc2ccc(-c3nc4ccccc4s3)cc2C)cc1Br. The minimum absolute atomic E-state index is 0.162. The summed E-state index contributed by atoms with van der Waals surface area (Å²) in [5.41, 5.74) is 4.38. The Bertz CT molecular complexity index is 1170. The second-order valence-electron chi connectivity index (χ2n) is 6.55. The maximum atomic E-state index is 12.7. The maximum absolute atomic E-state index is 12.7. The summed E-state index contributed by atoms with van der Waals surface area (Å²) in [6, 6.07) is 19.4. The van der Waals surface area contributed by atoms with Gasteiger partial charge < -0.3 is 10.1 Å². The van der Waals surface area contributed by atoms with E-state index in [9.17, 15) is 4.79 Å². The zero-order valence-electron chi connectivity index (χ0n) is 16.0. The number of amides is 1. The van der Waals surface area contributed by atoms with Gasteiger partial charge in [-0.25, -0.2) is 4.98 Å². The second kappa shape index (κ2) is 8.35. The van der Waals surface area contributed by atoms with Crippen molar-refractivity contribution in [2.75, 3.05) is 11.9 Å². The van der Waals surface area contributed by atoms with Crippen LogP contribution in [0.25, 0.3) is 20.8 Å². The van der Waals surface area contributed by atoms with Crippen molar-refractivity contribution in [1.29, 1.82) is 0 Å². The fourth-order valence-electron chi connectivity index (χ4n) is 3.04. The van der Waals surface area contributed by atoms with Gasteiger partial charge in [-0.05, 0) is 83.9 Å². The fourth-order valence-corrected chi connectivity index (χ4v) is 4.50. The number of anilines is 1. The number of aromatic nitrogens is 1. The van der Waals surface area contributed by atoms with E-state index in [0.717, 1.165) is 37.6 Å². The summed E-state index contributed by atoms with van der Waals surface area (Å²) in [5.74, 6) is 0.560. The molecule has 0 atom stereocenters. The molecule has 1 aromatic heterocycles. The van der Waals surface area contributed by atoms with Gasteiger partial charge in [-0.2, -0.15) is 0 Å². The van der Waals surface area contributed by atoms with E-state index in [4.69, 9.17) is 9.72 Å². The van der Waals surface area contributed by atoms with Crippen LogP contribution in [0.3, 0.4) is 0 Å². The Balaban J connectivity index is 1.55. The van der Waals surface area contributed by atoms with Crippen molar-refractivity contribution in [2.24, 2.45) is 0 Å². The number of ether oxygens (including phenoxy) is 1. The third-order valence-corrected chi connectivity index (χ3v) is 6.21. The number of carbonyl (C=O) groups is 1. The first kappa shape index (κ1) is 19.6. The molecule has 0 aliphatic rings. The van der Waals surface area contributed by atoms with Crippen molar-refractivity contribution in [3.05, 3.63) is 76.3 Å². The molecule has 1 amide bonds. The Hall–Kier alpha value is -2.70. The van der Waals surface area contributed by atoms with Crippen LogP contribution in [0.2, 0.25) is 0 Å². The zero-order chi connectivity index (χ0) is 20.4. The highest BCUT2D eigenvalue weighted by Gasteiger charge is 2.12. The number of nitrogens with one attached hydrogen (secondary N) is 1. The van der Waals surface area contributed by atoms with Gasteiger partial charge in [0.2, 0.25) is 0 Å². The lowest BCUT2D eigenvalue weighted by Crippen LogP contribution is -2.13. The highest BCUT2D eigenvalue weighted by molar-refractivity contribution is 9.10. The summed E-state index contributed by atoms with van der Waals surface area (Å²) in [6.45, 7) is 4.48. The number of aryl methyl sites for hydroxylation is 1. The molecule has 1 N–H and O–H groups in total. The zero-order valence-corrected chi connectivity index (χ0v) is 18.4. The third kappa shape index (κ3) is 4.18. The average Bonchev–Trinajstić information content (AvgIpc) is 3.15. The third-order valence-electron chi connectivity index (χ3n) is 4.51. The standard InChI is InChI=1S/C23H19BrN2O2S/c1-3-28-20-11-9-15(13-17(20)24)22(27)25-18-10-8-16(12-14(18)2)23-26-19-6-4-5-7-21(19)29-23/h4-13H,3H2,1-2H3,(H,25,27). The van der Waals surface area contributed by atoms with Crippen LogP contribution in [-0.4, -0.2) is 17.5 Å². The number of fused-ring (bicyclic) bond motifs is 1. The quantitative estimate of drug-likeness (QED) is 0.356. The van der Waals surface area contributed by atoms with E-state index in [-0.39, 0.29) is 5.91 Å². The van der Waals surface area contributed by atoms with E-state index in [1.165, 1.54) is 4.70 Å². The van der Waals surface area contributed by atoms with Gasteiger partial charge in [0.15, 0.2) is 0 Å². The number of carbonyl (C=O) groups excluding carboxylic acids is 1. The van der Waals surface area contributed by atoms with E-state index < -0.39 is 0 Å². The van der Waals surface area contributed by atoms with Gasteiger partial charge in [-0.3, -0.25) is 4.79 Å². The van der Waals surface area contributed by atoms with E-state index in [1.807, 2.05) is 44.2 Å². The summed E-state index contributed by atoms with van der Waals surface area (Å²) in [6.07, 6.45) is 0. The van der Waals surface area contributed by atoms with Gasteiger partial charge in [-0.1, -0.05) is 12.1 Å². The molecule has 1 heterocycles. The average molecular weight is 467 g/mol. The van der Waals surface area contributed by atoms with Crippen molar-refractivity contribution in [2.45, 2.75) is 13.8 Å². The maximum Gasteiger partial charge on any atom is 0.255 e. The molecule has 29 heavy (non-hydrogen) atoms. The second-order valence-corrected chi connectivity index (χ2v) is 8.43. The number of rotatable bonds is 5. The predicted octanol–water partition coefficient (Wildman–Crippen LogP) is 6.69. The molecule has 4 rings (SSSR count). The molecule has 4 nitrogen and oxygen atoms in total. The van der Waals surface area contributed by atoms with Crippen LogP contribution in [0.5, 0.6) is 5.75 Å². The van der Waals surface area contributed by atoms with E-state index >= 15 is 0 Å². The topological polar surface area (TPSA) is 51.2 Å². The minimum Gasteiger partial charge on any atom is -0.493 e. The summed E-state index contributed by atoms with van der Waals surface area (Å²) < 4.78 is 7.43. The normalized spacial score (nSPS) is 10.9. The molecule has 0 saturated heterocycles. The van der Waals surface area contributed by atoms with E-state index in [1.54, 1.807) is 29.5 Å². The Morgan fingerprint density at radius 3 is 2.69 bits per heavy atom. The number of para-hydroxylation sites is 1. The monoisotopic (exact) mass is 466 g/mol. The van der Waals surface area contributed by atoms with Crippen LogP contribution in [0.4, 0.5) is 5.69 Å². The van der Waals surface area contributed by atoms with Gasteiger partial charge in [-0.15, -0.1) is 11.3 Å². The molecule has 4 aromatic rings. The molecule has 0 saturated carbocycles. The lowest BCUT2D eigenvalue weighted by atomic mass is 10.1. The van der Waals surface area contributed by atoms with E-state index in [0.29, 0.717) is 12.2 Å². The molecular formula is C23H19BrN2O2S. The van der Waals surface area contributed by atoms with Crippen molar-refractivity contribution in [1.82, 2.24) is 4.98 Å². The molecule has 0 aliphatic carbocycles. The first-order valence-electron chi connectivity index (χ1n) is 9.25. The van der Waals surface area contributed by atoms with Gasteiger partial charge in [0.25, 0.3) is 5.91 Å². The van der Waals surface area contributed by atoms with Crippen molar-refractivity contribution in [3.8, 4) is 16.3 Å². The van der Waals surface area contributed by atoms with Crippen LogP contribution in [0, 0.1) is 6.92 Å². The highest BCUT2D eigenvalue weighted by Crippen LogP contribution is 2.32. The van der Waals surface area contributed by atoms with Gasteiger partial charge in [0, 0.05) is 16.8 Å². The number of benzene rings is 3.